The zero-order valence-electron chi connectivity index (χ0n) is 12.5. The molecule has 1 aliphatic heterocycles. The van der Waals surface area contributed by atoms with Gasteiger partial charge in [0, 0.05) is 17.1 Å². The summed E-state index contributed by atoms with van der Waals surface area (Å²) in [6, 6.07) is 14.7. The topological polar surface area (TPSA) is 32.3 Å². The third-order valence-corrected chi connectivity index (χ3v) is 4.35. The minimum Gasteiger partial charge on any atom is -0.324 e. The molecule has 0 unspecified atom stereocenters. The van der Waals surface area contributed by atoms with Gasteiger partial charge in [0.1, 0.15) is 0 Å². The average Bonchev–Trinajstić information content (AvgIpc) is 2.50. The number of hydrogen-bond acceptors (Lipinski definition) is 2. The van der Waals surface area contributed by atoms with E-state index in [9.17, 15) is 4.79 Å². The molecule has 0 radical (unpaired) electrons. The van der Waals surface area contributed by atoms with E-state index in [0.29, 0.717) is 12.6 Å². The lowest BCUT2D eigenvalue weighted by molar-refractivity contribution is -0.118. The summed E-state index contributed by atoms with van der Waals surface area (Å²) < 4.78 is 0. The van der Waals surface area contributed by atoms with Gasteiger partial charge in [0.2, 0.25) is 5.91 Å². The number of carbonyl (C=O) groups excluding carboxylic acids is 1. The van der Waals surface area contributed by atoms with E-state index in [-0.39, 0.29) is 5.91 Å². The molecule has 0 aliphatic carbocycles. The van der Waals surface area contributed by atoms with Crippen LogP contribution in [0.4, 0.5) is 5.69 Å². The van der Waals surface area contributed by atoms with Crippen LogP contribution in [0.15, 0.2) is 42.5 Å². The Hall–Kier alpha value is -1.87. The second kappa shape index (κ2) is 6.27. The molecule has 0 aromatic heterocycles. The van der Waals surface area contributed by atoms with E-state index in [0.717, 1.165) is 23.0 Å². The molecule has 110 valence electrons. The van der Waals surface area contributed by atoms with Crippen molar-refractivity contribution < 1.29 is 4.79 Å². The monoisotopic (exact) mass is 282 g/mol. The molecule has 1 fully saturated rings. The van der Waals surface area contributed by atoms with Gasteiger partial charge in [-0.3, -0.25) is 9.69 Å². The zero-order chi connectivity index (χ0) is 14.7. The number of hydrogen-bond donors (Lipinski definition) is 1. The highest BCUT2D eigenvalue weighted by Gasteiger charge is 2.20. The first-order valence-electron chi connectivity index (χ1n) is 7.76. The minimum atomic E-state index is 0.0834. The summed E-state index contributed by atoms with van der Waals surface area (Å²) in [7, 11) is 0. The van der Waals surface area contributed by atoms with E-state index in [2.05, 4.69) is 35.3 Å². The molecule has 1 heterocycles. The van der Waals surface area contributed by atoms with Gasteiger partial charge < -0.3 is 5.32 Å². The number of fused-ring (bicyclic) bond motifs is 1. The Morgan fingerprint density at radius 1 is 1.19 bits per heavy atom. The molecule has 2 aromatic rings. The summed E-state index contributed by atoms with van der Waals surface area (Å²) in [6.07, 6.45) is 3.68. The van der Waals surface area contributed by atoms with Crippen molar-refractivity contribution in [3.63, 3.8) is 0 Å². The van der Waals surface area contributed by atoms with Crippen molar-refractivity contribution in [2.45, 2.75) is 32.2 Å². The first kappa shape index (κ1) is 14.1. The van der Waals surface area contributed by atoms with E-state index >= 15 is 0 Å². The van der Waals surface area contributed by atoms with E-state index in [1.54, 1.807) is 0 Å². The highest BCUT2D eigenvalue weighted by Crippen LogP contribution is 2.23. The highest BCUT2D eigenvalue weighted by molar-refractivity contribution is 6.02. The number of piperidine rings is 1. The first-order chi connectivity index (χ1) is 10.2. The lowest BCUT2D eigenvalue weighted by Crippen LogP contribution is -2.42. The van der Waals surface area contributed by atoms with Crippen LogP contribution >= 0.6 is 0 Å². The predicted molar refractivity (Wildman–Crippen MR) is 87.5 cm³/mol. The number of carbonyl (C=O) groups is 1. The van der Waals surface area contributed by atoms with Gasteiger partial charge in [-0.15, -0.1) is 0 Å². The van der Waals surface area contributed by atoms with E-state index in [4.69, 9.17) is 0 Å². The van der Waals surface area contributed by atoms with Crippen molar-refractivity contribution in [1.29, 1.82) is 0 Å². The first-order valence-corrected chi connectivity index (χ1v) is 7.76. The third-order valence-electron chi connectivity index (χ3n) is 4.35. The maximum Gasteiger partial charge on any atom is 0.238 e. The molecular formula is C18H22N2O. The van der Waals surface area contributed by atoms with Crippen LogP contribution in [0.3, 0.4) is 0 Å². The van der Waals surface area contributed by atoms with Crippen LogP contribution in [0.1, 0.15) is 26.2 Å². The summed E-state index contributed by atoms with van der Waals surface area (Å²) in [6.45, 7) is 3.73. The van der Waals surface area contributed by atoms with Crippen molar-refractivity contribution in [2.75, 3.05) is 18.4 Å². The maximum atomic E-state index is 12.3. The fraction of sp³-hybridized carbons (Fsp3) is 0.389. The van der Waals surface area contributed by atoms with Crippen molar-refractivity contribution in [1.82, 2.24) is 4.90 Å². The third kappa shape index (κ3) is 3.24. The van der Waals surface area contributed by atoms with E-state index in [1.807, 2.05) is 24.3 Å². The Morgan fingerprint density at radius 3 is 2.86 bits per heavy atom. The smallest absolute Gasteiger partial charge is 0.238 e. The van der Waals surface area contributed by atoms with Crippen molar-refractivity contribution >= 4 is 22.4 Å². The van der Waals surface area contributed by atoms with Crippen LogP contribution in [0.2, 0.25) is 0 Å². The molecule has 3 rings (SSSR count). The number of rotatable bonds is 3. The van der Waals surface area contributed by atoms with Gasteiger partial charge in [-0.1, -0.05) is 42.8 Å². The summed E-state index contributed by atoms with van der Waals surface area (Å²) in [5, 5.41) is 5.32. The molecule has 0 saturated carbocycles. The quantitative estimate of drug-likeness (QED) is 0.932. The van der Waals surface area contributed by atoms with Crippen LogP contribution in [0.25, 0.3) is 10.8 Å². The van der Waals surface area contributed by atoms with Gasteiger partial charge in [0.15, 0.2) is 0 Å². The Balaban J connectivity index is 1.71. The largest absolute Gasteiger partial charge is 0.324 e. The number of likely N-dealkylation sites (tertiary alicyclic amines) is 1. The summed E-state index contributed by atoms with van der Waals surface area (Å²) in [5.74, 6) is 0.0834. The normalized spacial score (nSPS) is 19.6. The molecule has 3 heteroatoms. The van der Waals surface area contributed by atoms with E-state index in [1.165, 1.54) is 19.3 Å². The molecule has 1 atom stereocenters. The van der Waals surface area contributed by atoms with E-state index < -0.39 is 0 Å². The SMILES string of the molecule is C[C@@H]1CCCCN1CC(=O)Nc1cccc2ccccc12. The molecule has 21 heavy (non-hydrogen) atoms. The molecule has 1 aliphatic rings. The van der Waals surface area contributed by atoms with Gasteiger partial charge in [0.05, 0.1) is 6.54 Å². The Morgan fingerprint density at radius 2 is 2.00 bits per heavy atom. The second-order valence-corrected chi connectivity index (χ2v) is 5.89. The fourth-order valence-electron chi connectivity index (χ4n) is 3.10. The number of nitrogens with zero attached hydrogens (tertiary/aromatic N) is 1. The highest BCUT2D eigenvalue weighted by atomic mass is 16.2. The van der Waals surface area contributed by atoms with Crippen LogP contribution < -0.4 is 5.32 Å². The zero-order valence-corrected chi connectivity index (χ0v) is 12.5. The van der Waals surface area contributed by atoms with Crippen LogP contribution in [-0.2, 0) is 4.79 Å². The van der Waals surface area contributed by atoms with Crippen LogP contribution in [-0.4, -0.2) is 29.9 Å². The fourth-order valence-corrected chi connectivity index (χ4v) is 3.10. The number of amides is 1. The average molecular weight is 282 g/mol. The van der Waals surface area contributed by atoms with Gasteiger partial charge in [-0.2, -0.15) is 0 Å². The lowest BCUT2D eigenvalue weighted by atomic mass is 10.0. The lowest BCUT2D eigenvalue weighted by Gasteiger charge is -2.32. The van der Waals surface area contributed by atoms with Gasteiger partial charge >= 0.3 is 0 Å². The van der Waals surface area contributed by atoms with Crippen LogP contribution in [0, 0.1) is 0 Å². The van der Waals surface area contributed by atoms with Gasteiger partial charge in [0.25, 0.3) is 0 Å². The summed E-state index contributed by atoms with van der Waals surface area (Å²) >= 11 is 0. The predicted octanol–water partition coefficient (Wildman–Crippen LogP) is 3.65. The number of anilines is 1. The summed E-state index contributed by atoms with van der Waals surface area (Å²) in [4.78, 5) is 14.6. The number of nitrogens with one attached hydrogen (secondary N) is 1. The van der Waals surface area contributed by atoms with Crippen LogP contribution in [0.5, 0.6) is 0 Å². The Labute approximate surface area is 125 Å². The summed E-state index contributed by atoms with van der Waals surface area (Å²) in [5.41, 5.74) is 0.905. The Bertz CT molecular complexity index is 633. The molecule has 0 bridgehead atoms. The van der Waals surface area contributed by atoms with Gasteiger partial charge in [-0.05, 0) is 37.8 Å². The molecule has 2 aromatic carbocycles. The standard InChI is InChI=1S/C18H22N2O/c1-14-7-4-5-12-20(14)13-18(21)19-17-11-6-9-15-8-2-3-10-16(15)17/h2-3,6,8-11,14H,4-5,7,12-13H2,1H3,(H,19,21)/t14-/m1/s1. The Kier molecular flexibility index (Phi) is 4.20. The molecule has 3 nitrogen and oxygen atoms in total. The maximum absolute atomic E-state index is 12.3. The molecular weight excluding hydrogens is 260 g/mol. The molecule has 1 amide bonds. The van der Waals surface area contributed by atoms with Crippen molar-refractivity contribution in [2.24, 2.45) is 0 Å². The molecule has 1 saturated heterocycles. The minimum absolute atomic E-state index is 0.0834. The molecule has 1 N–H and O–H groups in total. The van der Waals surface area contributed by atoms with Gasteiger partial charge in [-0.25, -0.2) is 0 Å². The second-order valence-electron chi connectivity index (χ2n) is 5.89. The molecule has 0 spiro atoms. The number of benzene rings is 2. The van der Waals surface area contributed by atoms with Crippen molar-refractivity contribution in [3.8, 4) is 0 Å². The van der Waals surface area contributed by atoms with Crippen molar-refractivity contribution in [3.05, 3.63) is 42.5 Å².